The molecule has 0 N–H and O–H groups in total. The van der Waals surface area contributed by atoms with E-state index in [2.05, 4.69) is 4.98 Å². The number of hydrogen-bond acceptors (Lipinski definition) is 4. The summed E-state index contributed by atoms with van der Waals surface area (Å²) in [4.78, 5) is 31.4. The molecule has 3 rings (SSSR count). The molecular formula is C17H21N3O3. The van der Waals surface area contributed by atoms with Gasteiger partial charge in [0.1, 0.15) is 12.4 Å². The van der Waals surface area contributed by atoms with Gasteiger partial charge in [0.25, 0.3) is 5.56 Å². The van der Waals surface area contributed by atoms with E-state index in [1.165, 1.54) is 4.57 Å². The lowest BCUT2D eigenvalue weighted by molar-refractivity contribution is -0.143. The van der Waals surface area contributed by atoms with E-state index in [0.717, 1.165) is 0 Å². The second-order valence-electron chi connectivity index (χ2n) is 6.12. The molecule has 1 aliphatic heterocycles. The smallest absolute Gasteiger partial charge is 0.261 e. The highest BCUT2D eigenvalue weighted by atomic mass is 16.5. The van der Waals surface area contributed by atoms with E-state index in [9.17, 15) is 9.59 Å². The molecule has 1 amide bonds. The van der Waals surface area contributed by atoms with Crippen LogP contribution in [-0.4, -0.2) is 45.7 Å². The number of hydrogen-bond donors (Lipinski definition) is 0. The van der Waals surface area contributed by atoms with Crippen molar-refractivity contribution in [2.45, 2.75) is 39.5 Å². The van der Waals surface area contributed by atoms with Crippen LogP contribution in [0.1, 0.15) is 19.7 Å². The zero-order chi connectivity index (χ0) is 16.6. The highest BCUT2D eigenvalue weighted by Gasteiger charge is 2.26. The number of fused-ring (bicyclic) bond motifs is 1. The topological polar surface area (TPSA) is 64.4 Å². The molecule has 1 fully saturated rings. The Morgan fingerprint density at radius 3 is 2.61 bits per heavy atom. The van der Waals surface area contributed by atoms with E-state index in [4.69, 9.17) is 4.74 Å². The molecule has 0 radical (unpaired) electrons. The molecular weight excluding hydrogens is 294 g/mol. The van der Waals surface area contributed by atoms with E-state index in [-0.39, 0.29) is 30.2 Å². The number of aryl methyl sites for hydroxylation is 1. The summed E-state index contributed by atoms with van der Waals surface area (Å²) in [6.45, 7) is 6.78. The monoisotopic (exact) mass is 315 g/mol. The fourth-order valence-electron chi connectivity index (χ4n) is 3.08. The molecule has 2 atom stereocenters. The Balaban J connectivity index is 1.89. The molecule has 122 valence electrons. The first kappa shape index (κ1) is 15.7. The van der Waals surface area contributed by atoms with Gasteiger partial charge in [-0.25, -0.2) is 4.98 Å². The van der Waals surface area contributed by atoms with Crippen molar-refractivity contribution in [1.29, 1.82) is 0 Å². The van der Waals surface area contributed by atoms with Crippen LogP contribution in [-0.2, 0) is 16.1 Å². The maximum atomic E-state index is 12.6. The Morgan fingerprint density at radius 2 is 1.91 bits per heavy atom. The van der Waals surface area contributed by atoms with Gasteiger partial charge in [-0.15, -0.1) is 0 Å². The van der Waals surface area contributed by atoms with Crippen molar-refractivity contribution in [2.75, 3.05) is 13.1 Å². The van der Waals surface area contributed by atoms with Crippen LogP contribution in [0.25, 0.3) is 10.9 Å². The van der Waals surface area contributed by atoms with Gasteiger partial charge in [-0.2, -0.15) is 0 Å². The second-order valence-corrected chi connectivity index (χ2v) is 6.12. The van der Waals surface area contributed by atoms with E-state index in [1.807, 2.05) is 19.9 Å². The lowest BCUT2D eigenvalue weighted by atomic mass is 10.2. The number of carbonyl (C=O) groups is 1. The average Bonchev–Trinajstić information content (AvgIpc) is 2.50. The molecule has 6 heteroatoms. The van der Waals surface area contributed by atoms with Crippen LogP contribution in [0.4, 0.5) is 0 Å². The predicted octanol–water partition coefficient (Wildman–Crippen LogP) is 1.34. The predicted molar refractivity (Wildman–Crippen MR) is 87.3 cm³/mol. The third kappa shape index (κ3) is 3.12. The molecule has 1 aliphatic rings. The molecule has 2 aromatic rings. The summed E-state index contributed by atoms with van der Waals surface area (Å²) in [6.07, 6.45) is 0.0190. The van der Waals surface area contributed by atoms with Crippen LogP contribution in [0.3, 0.4) is 0 Å². The van der Waals surface area contributed by atoms with E-state index >= 15 is 0 Å². The minimum Gasteiger partial charge on any atom is -0.372 e. The molecule has 6 nitrogen and oxygen atoms in total. The summed E-state index contributed by atoms with van der Waals surface area (Å²) >= 11 is 0. The number of aromatic nitrogens is 2. The second kappa shape index (κ2) is 6.12. The van der Waals surface area contributed by atoms with Gasteiger partial charge in [0.2, 0.25) is 5.91 Å². The molecule has 1 saturated heterocycles. The van der Waals surface area contributed by atoms with Gasteiger partial charge in [-0.3, -0.25) is 14.2 Å². The summed E-state index contributed by atoms with van der Waals surface area (Å²) in [7, 11) is 0. The van der Waals surface area contributed by atoms with Crippen molar-refractivity contribution < 1.29 is 9.53 Å². The van der Waals surface area contributed by atoms with E-state index in [1.54, 1.807) is 30.0 Å². The largest absolute Gasteiger partial charge is 0.372 e. The van der Waals surface area contributed by atoms with Crippen LogP contribution >= 0.6 is 0 Å². The maximum Gasteiger partial charge on any atom is 0.261 e. The Kier molecular flexibility index (Phi) is 4.17. The third-order valence-corrected chi connectivity index (χ3v) is 4.12. The van der Waals surface area contributed by atoms with Gasteiger partial charge in [-0.05, 0) is 32.9 Å². The zero-order valence-electron chi connectivity index (χ0n) is 13.7. The van der Waals surface area contributed by atoms with Gasteiger partial charge in [0.15, 0.2) is 0 Å². The minimum atomic E-state index is -0.171. The number of rotatable bonds is 2. The highest BCUT2D eigenvalue weighted by Crippen LogP contribution is 2.12. The van der Waals surface area contributed by atoms with Gasteiger partial charge >= 0.3 is 0 Å². The quantitative estimate of drug-likeness (QED) is 0.839. The first-order valence-corrected chi connectivity index (χ1v) is 7.85. The van der Waals surface area contributed by atoms with Crippen molar-refractivity contribution >= 4 is 16.8 Å². The SMILES string of the molecule is Cc1nc2ccccc2c(=O)n1CC(=O)N1CC(C)OC(C)C1. The summed E-state index contributed by atoms with van der Waals surface area (Å²) in [5.74, 6) is 0.477. The maximum absolute atomic E-state index is 12.6. The Morgan fingerprint density at radius 1 is 1.26 bits per heavy atom. The Bertz CT molecular complexity index is 789. The number of amides is 1. The molecule has 2 heterocycles. The Labute approximate surface area is 134 Å². The number of morpholine rings is 1. The summed E-state index contributed by atoms with van der Waals surface area (Å²) in [5.41, 5.74) is 0.489. The van der Waals surface area contributed by atoms with Crippen molar-refractivity contribution in [3.8, 4) is 0 Å². The highest BCUT2D eigenvalue weighted by molar-refractivity contribution is 5.79. The molecule has 0 aliphatic carbocycles. The zero-order valence-corrected chi connectivity index (χ0v) is 13.7. The molecule has 23 heavy (non-hydrogen) atoms. The number of nitrogens with zero attached hydrogens (tertiary/aromatic N) is 3. The lowest BCUT2D eigenvalue weighted by Gasteiger charge is -2.35. The van der Waals surface area contributed by atoms with Gasteiger partial charge in [-0.1, -0.05) is 12.1 Å². The average molecular weight is 315 g/mol. The van der Waals surface area contributed by atoms with Gasteiger partial charge in [0, 0.05) is 13.1 Å². The summed E-state index contributed by atoms with van der Waals surface area (Å²) in [6, 6.07) is 7.20. The molecule has 0 saturated carbocycles. The van der Waals surface area contributed by atoms with Crippen LogP contribution in [0.5, 0.6) is 0 Å². The first-order valence-electron chi connectivity index (χ1n) is 7.85. The number of carbonyl (C=O) groups excluding carboxylic acids is 1. The van der Waals surface area contributed by atoms with E-state index in [0.29, 0.717) is 29.8 Å². The molecule has 2 unspecified atom stereocenters. The molecule has 1 aromatic carbocycles. The van der Waals surface area contributed by atoms with Gasteiger partial charge in [0.05, 0.1) is 23.1 Å². The molecule has 0 bridgehead atoms. The third-order valence-electron chi connectivity index (χ3n) is 4.12. The van der Waals surface area contributed by atoms with Gasteiger partial charge < -0.3 is 9.64 Å². The fourth-order valence-corrected chi connectivity index (χ4v) is 3.08. The minimum absolute atomic E-state index is 0.00949. The number of ether oxygens (including phenoxy) is 1. The van der Waals surface area contributed by atoms with Crippen molar-refractivity contribution in [2.24, 2.45) is 0 Å². The standard InChI is InChI=1S/C17H21N3O3/c1-11-8-19(9-12(2)23-11)16(21)10-20-13(3)18-15-7-5-4-6-14(15)17(20)22/h4-7,11-12H,8-10H2,1-3H3. The van der Waals surface area contributed by atoms with Crippen molar-refractivity contribution in [1.82, 2.24) is 14.5 Å². The van der Waals surface area contributed by atoms with E-state index < -0.39 is 0 Å². The normalized spacial score (nSPS) is 21.6. The van der Waals surface area contributed by atoms with Crippen LogP contribution in [0.2, 0.25) is 0 Å². The number of benzene rings is 1. The number of para-hydroxylation sites is 1. The first-order chi connectivity index (χ1) is 11.0. The van der Waals surface area contributed by atoms with Crippen LogP contribution in [0, 0.1) is 6.92 Å². The Hall–Kier alpha value is -2.21. The molecule has 1 aromatic heterocycles. The fraction of sp³-hybridized carbons (Fsp3) is 0.471. The van der Waals surface area contributed by atoms with Crippen molar-refractivity contribution in [3.05, 3.63) is 40.4 Å². The summed E-state index contributed by atoms with van der Waals surface area (Å²) in [5, 5.41) is 0.537. The van der Waals surface area contributed by atoms with Crippen molar-refractivity contribution in [3.63, 3.8) is 0 Å². The lowest BCUT2D eigenvalue weighted by Crippen LogP contribution is -2.49. The van der Waals surface area contributed by atoms with Crippen LogP contribution in [0.15, 0.2) is 29.1 Å². The summed E-state index contributed by atoms with van der Waals surface area (Å²) < 4.78 is 7.10. The van der Waals surface area contributed by atoms with Crippen LogP contribution < -0.4 is 5.56 Å². The molecule has 0 spiro atoms.